The van der Waals surface area contributed by atoms with Crippen LogP contribution in [0.4, 0.5) is 5.82 Å². The van der Waals surface area contributed by atoms with Gasteiger partial charge in [-0.05, 0) is 29.8 Å². The van der Waals surface area contributed by atoms with Crippen LogP contribution >= 0.6 is 15.9 Å². The minimum atomic E-state index is -0.0177. The highest BCUT2D eigenvalue weighted by molar-refractivity contribution is 9.10. The number of rotatable bonds is 5. The van der Waals surface area contributed by atoms with Gasteiger partial charge < -0.3 is 14.6 Å². The largest absolute Gasteiger partial charge is 0.355 e. The van der Waals surface area contributed by atoms with Gasteiger partial charge in [-0.1, -0.05) is 0 Å². The predicted octanol–water partition coefficient (Wildman–Crippen LogP) is 1.45. The smallest absolute Gasteiger partial charge is 0.239 e. The van der Waals surface area contributed by atoms with Crippen LogP contribution in [0.25, 0.3) is 5.65 Å². The number of halogens is 1. The van der Waals surface area contributed by atoms with Crippen molar-refractivity contribution in [2.75, 3.05) is 24.5 Å². The number of aromatic nitrogens is 3. The molecule has 1 N–H and O–H groups in total. The summed E-state index contributed by atoms with van der Waals surface area (Å²) in [5.41, 5.74) is 0.745. The first-order valence-corrected chi connectivity index (χ1v) is 6.95. The minimum Gasteiger partial charge on any atom is -0.355 e. The minimum absolute atomic E-state index is 0.0177. The van der Waals surface area contributed by atoms with Gasteiger partial charge in [-0.15, -0.1) is 0 Å². The number of carbonyl (C=O) groups is 1. The Kier molecular flexibility index (Phi) is 4.36. The molecule has 2 heterocycles. The van der Waals surface area contributed by atoms with Gasteiger partial charge in [0.25, 0.3) is 0 Å². The lowest BCUT2D eigenvalue weighted by molar-refractivity contribution is -0.119. The Bertz CT molecular complexity index is 583. The van der Waals surface area contributed by atoms with Gasteiger partial charge in [0.05, 0.1) is 6.54 Å². The monoisotopic (exact) mass is 325 g/mol. The number of imidazole rings is 1. The van der Waals surface area contributed by atoms with Gasteiger partial charge in [0.15, 0.2) is 11.5 Å². The summed E-state index contributed by atoms with van der Waals surface area (Å²) in [5.74, 6) is 0.684. The summed E-state index contributed by atoms with van der Waals surface area (Å²) in [4.78, 5) is 22.4. The third-order valence-corrected chi connectivity index (χ3v) is 3.10. The van der Waals surface area contributed by atoms with Crippen LogP contribution in [0.3, 0.4) is 0 Å². The fraction of sp³-hybridized carbons (Fsp3) is 0.417. The maximum absolute atomic E-state index is 11.7. The summed E-state index contributed by atoms with van der Waals surface area (Å²) in [6.07, 6.45) is 5.41. The lowest BCUT2D eigenvalue weighted by Crippen LogP contribution is -2.37. The second-order valence-corrected chi connectivity index (χ2v) is 4.83. The van der Waals surface area contributed by atoms with Gasteiger partial charge >= 0.3 is 0 Å². The molecule has 0 aliphatic heterocycles. The van der Waals surface area contributed by atoms with Crippen molar-refractivity contribution >= 4 is 33.3 Å². The van der Waals surface area contributed by atoms with Crippen LogP contribution in [0.15, 0.2) is 23.2 Å². The molecule has 2 aromatic heterocycles. The summed E-state index contributed by atoms with van der Waals surface area (Å²) in [6.45, 7) is 5.47. The molecule has 0 fully saturated rings. The number of hydrogen-bond donors (Lipinski definition) is 1. The number of anilines is 1. The molecule has 0 aliphatic rings. The summed E-state index contributed by atoms with van der Waals surface area (Å²) in [5, 5.41) is 2.79. The zero-order valence-corrected chi connectivity index (χ0v) is 12.5. The van der Waals surface area contributed by atoms with E-state index in [1.807, 2.05) is 35.5 Å². The maximum Gasteiger partial charge on any atom is 0.239 e. The van der Waals surface area contributed by atoms with E-state index >= 15 is 0 Å². The van der Waals surface area contributed by atoms with Gasteiger partial charge in [-0.3, -0.25) is 4.79 Å². The predicted molar refractivity (Wildman–Crippen MR) is 77.3 cm³/mol. The zero-order chi connectivity index (χ0) is 13.8. The van der Waals surface area contributed by atoms with Crippen LogP contribution in [-0.4, -0.2) is 39.9 Å². The average Bonchev–Trinajstić information content (AvgIpc) is 2.83. The number of likely N-dealkylation sites (N-methyl/N-ethyl adjacent to an activating group) is 2. The van der Waals surface area contributed by atoms with Gasteiger partial charge in [0.2, 0.25) is 5.91 Å². The SMILES string of the molecule is CCNC(=O)CN(CC)c1nc(Br)cn2ccnc12. The van der Waals surface area contributed by atoms with Gasteiger partial charge in [0, 0.05) is 31.7 Å². The second kappa shape index (κ2) is 6.01. The molecule has 0 aliphatic carbocycles. The molecule has 7 heteroatoms. The molecule has 0 bridgehead atoms. The zero-order valence-electron chi connectivity index (χ0n) is 10.9. The van der Waals surface area contributed by atoms with Crippen LogP contribution in [0.2, 0.25) is 0 Å². The first-order chi connectivity index (χ1) is 9.15. The molecule has 2 aromatic rings. The van der Waals surface area contributed by atoms with Crippen molar-refractivity contribution in [1.29, 1.82) is 0 Å². The number of carbonyl (C=O) groups excluding carboxylic acids is 1. The van der Waals surface area contributed by atoms with Crippen LogP contribution in [0.5, 0.6) is 0 Å². The van der Waals surface area contributed by atoms with Crippen molar-refractivity contribution in [2.24, 2.45) is 0 Å². The fourth-order valence-corrected chi connectivity index (χ4v) is 2.25. The molecule has 1 amide bonds. The lowest BCUT2D eigenvalue weighted by Gasteiger charge is -2.21. The molecule has 102 valence electrons. The topological polar surface area (TPSA) is 62.5 Å². The number of nitrogens with one attached hydrogen (secondary N) is 1. The Labute approximate surface area is 120 Å². The average molecular weight is 326 g/mol. The molecule has 2 rings (SSSR count). The highest BCUT2D eigenvalue weighted by Crippen LogP contribution is 2.20. The van der Waals surface area contributed by atoms with E-state index in [-0.39, 0.29) is 12.5 Å². The molecular weight excluding hydrogens is 310 g/mol. The van der Waals surface area contributed by atoms with Crippen molar-refractivity contribution in [3.05, 3.63) is 23.2 Å². The van der Waals surface area contributed by atoms with Crippen molar-refractivity contribution in [2.45, 2.75) is 13.8 Å². The van der Waals surface area contributed by atoms with E-state index in [0.717, 1.165) is 5.65 Å². The van der Waals surface area contributed by atoms with Crippen molar-refractivity contribution in [3.63, 3.8) is 0 Å². The van der Waals surface area contributed by atoms with Crippen LogP contribution in [-0.2, 0) is 4.79 Å². The Morgan fingerprint density at radius 1 is 1.53 bits per heavy atom. The lowest BCUT2D eigenvalue weighted by atomic mass is 10.4. The molecular formula is C12H16BrN5O. The van der Waals surface area contributed by atoms with Gasteiger partial charge in [-0.2, -0.15) is 0 Å². The molecule has 0 radical (unpaired) electrons. The van der Waals surface area contributed by atoms with Crippen molar-refractivity contribution in [1.82, 2.24) is 19.7 Å². The van der Waals surface area contributed by atoms with Gasteiger partial charge in [-0.25, -0.2) is 9.97 Å². The van der Waals surface area contributed by atoms with E-state index in [9.17, 15) is 4.79 Å². The Morgan fingerprint density at radius 2 is 2.32 bits per heavy atom. The Balaban J connectivity index is 2.34. The first kappa shape index (κ1) is 13.8. The Morgan fingerprint density at radius 3 is 3.00 bits per heavy atom. The molecule has 0 saturated heterocycles. The normalized spacial score (nSPS) is 10.7. The summed E-state index contributed by atoms with van der Waals surface area (Å²) < 4.78 is 2.59. The van der Waals surface area contributed by atoms with E-state index < -0.39 is 0 Å². The van der Waals surface area contributed by atoms with Crippen LogP contribution < -0.4 is 10.2 Å². The van der Waals surface area contributed by atoms with E-state index in [2.05, 4.69) is 31.2 Å². The quantitative estimate of drug-likeness (QED) is 0.903. The van der Waals surface area contributed by atoms with E-state index in [0.29, 0.717) is 23.5 Å². The van der Waals surface area contributed by atoms with Crippen molar-refractivity contribution < 1.29 is 4.79 Å². The molecule has 0 unspecified atom stereocenters. The number of amides is 1. The molecule has 6 nitrogen and oxygen atoms in total. The van der Waals surface area contributed by atoms with Crippen LogP contribution in [0.1, 0.15) is 13.8 Å². The molecule has 0 aromatic carbocycles. The van der Waals surface area contributed by atoms with Crippen LogP contribution in [0, 0.1) is 0 Å². The van der Waals surface area contributed by atoms with Gasteiger partial charge in [0.1, 0.15) is 4.60 Å². The third-order valence-electron chi connectivity index (χ3n) is 2.72. The highest BCUT2D eigenvalue weighted by Gasteiger charge is 2.15. The van der Waals surface area contributed by atoms with E-state index in [1.165, 1.54) is 0 Å². The standard InChI is InChI=1S/C12H16BrN5O/c1-3-14-10(19)8-17(4-2)12-11-15-5-6-18(11)7-9(13)16-12/h5-7H,3-4,8H2,1-2H3,(H,14,19). The van der Waals surface area contributed by atoms with Crippen molar-refractivity contribution in [3.8, 4) is 0 Å². The number of fused-ring (bicyclic) bond motifs is 1. The highest BCUT2D eigenvalue weighted by atomic mass is 79.9. The van der Waals surface area contributed by atoms with E-state index in [4.69, 9.17) is 0 Å². The number of nitrogens with zero attached hydrogens (tertiary/aromatic N) is 4. The maximum atomic E-state index is 11.7. The number of hydrogen-bond acceptors (Lipinski definition) is 4. The third kappa shape index (κ3) is 3.04. The summed E-state index contributed by atoms with van der Waals surface area (Å²) in [6, 6.07) is 0. The van der Waals surface area contributed by atoms with E-state index in [1.54, 1.807) is 6.20 Å². The molecule has 19 heavy (non-hydrogen) atoms. The summed E-state index contributed by atoms with van der Waals surface area (Å²) >= 11 is 3.38. The first-order valence-electron chi connectivity index (χ1n) is 6.16. The summed E-state index contributed by atoms with van der Waals surface area (Å²) in [7, 11) is 0. The Hall–Kier alpha value is -1.63. The molecule has 0 spiro atoms. The molecule has 0 atom stereocenters. The second-order valence-electron chi connectivity index (χ2n) is 4.01. The fourth-order valence-electron chi connectivity index (χ4n) is 1.86. The molecule has 0 saturated carbocycles.